The van der Waals surface area contributed by atoms with E-state index in [-0.39, 0.29) is 29.2 Å². The number of aromatic nitrogens is 2. The van der Waals surface area contributed by atoms with Crippen molar-refractivity contribution in [2.75, 3.05) is 48.0 Å². The van der Waals surface area contributed by atoms with Crippen LogP contribution >= 0.6 is 0 Å². The number of rotatable bonds is 8. The van der Waals surface area contributed by atoms with Gasteiger partial charge in [0.2, 0.25) is 0 Å². The van der Waals surface area contributed by atoms with E-state index in [2.05, 4.69) is 20.5 Å². The van der Waals surface area contributed by atoms with Crippen molar-refractivity contribution in [3.8, 4) is 0 Å². The van der Waals surface area contributed by atoms with E-state index in [1.165, 1.54) is 12.3 Å². The highest BCUT2D eigenvalue weighted by Crippen LogP contribution is 2.40. The first-order valence-corrected chi connectivity index (χ1v) is 14.6. The monoisotopic (exact) mass is 573 g/mol. The molecule has 2 aliphatic heterocycles. The molecule has 11 heteroatoms. The number of hydrogen-bond acceptors (Lipinski definition) is 8. The summed E-state index contributed by atoms with van der Waals surface area (Å²) >= 11 is 0. The summed E-state index contributed by atoms with van der Waals surface area (Å²) in [7, 11) is 0. The van der Waals surface area contributed by atoms with Crippen molar-refractivity contribution in [1.82, 2.24) is 15.3 Å². The lowest BCUT2D eigenvalue weighted by Crippen LogP contribution is -2.54. The van der Waals surface area contributed by atoms with Crippen molar-refractivity contribution < 1.29 is 18.7 Å². The van der Waals surface area contributed by atoms with E-state index in [0.29, 0.717) is 31.5 Å². The third kappa shape index (κ3) is 6.01. The van der Waals surface area contributed by atoms with Crippen LogP contribution in [-0.4, -0.2) is 66.7 Å². The number of benzene rings is 2. The zero-order valence-electron chi connectivity index (χ0n) is 23.7. The second-order valence-electron chi connectivity index (χ2n) is 11.2. The van der Waals surface area contributed by atoms with E-state index in [1.807, 2.05) is 42.2 Å². The molecular weight excluding hydrogens is 537 g/mol. The molecule has 2 saturated heterocycles. The highest BCUT2D eigenvalue weighted by atomic mass is 19.1. The average Bonchev–Trinajstić information content (AvgIpc) is 3.85. The lowest BCUT2D eigenvalue weighted by Gasteiger charge is -2.40. The normalized spacial score (nSPS) is 20.7. The highest BCUT2D eigenvalue weighted by Gasteiger charge is 2.32. The van der Waals surface area contributed by atoms with Gasteiger partial charge in [0.1, 0.15) is 11.6 Å². The second kappa shape index (κ2) is 11.9. The smallest absolute Gasteiger partial charge is 0.271 e. The summed E-state index contributed by atoms with van der Waals surface area (Å²) in [6.07, 6.45) is 5.22. The average molecular weight is 574 g/mol. The van der Waals surface area contributed by atoms with E-state index in [1.54, 1.807) is 6.07 Å². The first kappa shape index (κ1) is 27.9. The molecule has 2 atom stereocenters. The standard InChI is InChI=1S/C31H36FN7O3/c1-19-26(36-31(41)24-11-6-21(17-25(24)32)20-4-5-20)3-2-12-39(19)27-18-34-28(29(33)40)30(37-27)35-22-7-9-23(10-8-22)38-13-15-42-16-14-38/h6-11,17-20,26H,2-5,12-16H2,1H3,(H2,33,40)(H,35,37)(H,36,41)/t19-,26-/m1/s1. The summed E-state index contributed by atoms with van der Waals surface area (Å²) in [4.78, 5) is 38.6. The minimum absolute atomic E-state index is 0.0376. The first-order valence-electron chi connectivity index (χ1n) is 14.6. The fraction of sp³-hybridized carbons (Fsp3) is 0.419. The van der Waals surface area contributed by atoms with Crippen molar-refractivity contribution in [1.29, 1.82) is 0 Å². The van der Waals surface area contributed by atoms with Crippen LogP contribution in [0.2, 0.25) is 0 Å². The van der Waals surface area contributed by atoms with Gasteiger partial charge in [-0.3, -0.25) is 9.59 Å². The van der Waals surface area contributed by atoms with Gasteiger partial charge in [0.25, 0.3) is 11.8 Å². The molecule has 0 unspecified atom stereocenters. The van der Waals surface area contributed by atoms with E-state index in [9.17, 15) is 14.0 Å². The van der Waals surface area contributed by atoms with Crippen LogP contribution in [0, 0.1) is 5.82 Å². The number of halogens is 1. The van der Waals surface area contributed by atoms with E-state index in [4.69, 9.17) is 15.5 Å². The molecule has 3 aromatic rings. The quantitative estimate of drug-likeness (QED) is 0.370. The summed E-state index contributed by atoms with van der Waals surface area (Å²) in [5.41, 5.74) is 8.51. The Bertz CT molecular complexity index is 1460. The van der Waals surface area contributed by atoms with Crippen molar-refractivity contribution in [2.24, 2.45) is 5.73 Å². The molecule has 1 aromatic heterocycles. The Morgan fingerprint density at radius 1 is 1.05 bits per heavy atom. The maximum atomic E-state index is 14.8. The van der Waals surface area contributed by atoms with Gasteiger partial charge in [0.15, 0.2) is 11.5 Å². The number of nitrogens with one attached hydrogen (secondary N) is 2. The number of piperidine rings is 1. The van der Waals surface area contributed by atoms with Crippen LogP contribution in [0.15, 0.2) is 48.7 Å². The predicted octanol–water partition coefficient (Wildman–Crippen LogP) is 3.96. The Hall–Kier alpha value is -4.25. The molecular formula is C31H36FN7O3. The van der Waals surface area contributed by atoms with Crippen LogP contribution in [0.1, 0.15) is 64.9 Å². The molecule has 0 radical (unpaired) electrons. The Morgan fingerprint density at radius 3 is 2.50 bits per heavy atom. The van der Waals surface area contributed by atoms with Crippen molar-refractivity contribution in [2.45, 2.75) is 50.6 Å². The topological polar surface area (TPSA) is 126 Å². The third-order valence-corrected chi connectivity index (χ3v) is 8.38. The van der Waals surface area contributed by atoms with Gasteiger partial charge in [-0.25, -0.2) is 14.4 Å². The number of nitrogens with zero attached hydrogens (tertiary/aromatic N) is 4. The van der Waals surface area contributed by atoms with Gasteiger partial charge in [-0.2, -0.15) is 0 Å². The molecule has 6 rings (SSSR count). The van der Waals surface area contributed by atoms with Gasteiger partial charge in [-0.15, -0.1) is 0 Å². The molecule has 0 spiro atoms. The van der Waals surface area contributed by atoms with Crippen molar-refractivity contribution in [3.63, 3.8) is 0 Å². The second-order valence-corrected chi connectivity index (χ2v) is 11.2. The molecule has 10 nitrogen and oxygen atoms in total. The summed E-state index contributed by atoms with van der Waals surface area (Å²) < 4.78 is 20.2. The van der Waals surface area contributed by atoms with Crippen LogP contribution in [0.4, 0.5) is 27.4 Å². The van der Waals surface area contributed by atoms with E-state index in [0.717, 1.165) is 55.7 Å². The Morgan fingerprint density at radius 2 is 1.81 bits per heavy atom. The number of hydrogen-bond donors (Lipinski definition) is 3. The molecule has 3 fully saturated rings. The van der Waals surface area contributed by atoms with E-state index < -0.39 is 17.6 Å². The van der Waals surface area contributed by atoms with Gasteiger partial charge in [-0.1, -0.05) is 6.07 Å². The Balaban J connectivity index is 1.17. The molecule has 0 bridgehead atoms. The number of morpholine rings is 1. The van der Waals surface area contributed by atoms with Gasteiger partial charge in [0, 0.05) is 43.1 Å². The molecule has 42 heavy (non-hydrogen) atoms. The Labute approximate surface area is 244 Å². The lowest BCUT2D eigenvalue weighted by atomic mass is 9.96. The van der Waals surface area contributed by atoms with Crippen LogP contribution in [-0.2, 0) is 4.74 Å². The Kier molecular flexibility index (Phi) is 7.92. The number of carbonyl (C=O) groups excluding carboxylic acids is 2. The van der Waals surface area contributed by atoms with Gasteiger partial charge < -0.3 is 30.9 Å². The molecule has 2 aromatic carbocycles. The van der Waals surface area contributed by atoms with Gasteiger partial charge >= 0.3 is 0 Å². The maximum absolute atomic E-state index is 14.8. The summed E-state index contributed by atoms with van der Waals surface area (Å²) in [5, 5.41) is 6.25. The van der Waals surface area contributed by atoms with Gasteiger partial charge in [-0.05, 0) is 80.5 Å². The summed E-state index contributed by atoms with van der Waals surface area (Å²) in [6, 6.07) is 12.4. The zero-order chi connectivity index (χ0) is 29.2. The maximum Gasteiger partial charge on any atom is 0.271 e. The number of amides is 2. The minimum Gasteiger partial charge on any atom is -0.378 e. The predicted molar refractivity (Wildman–Crippen MR) is 159 cm³/mol. The fourth-order valence-corrected chi connectivity index (χ4v) is 5.79. The lowest BCUT2D eigenvalue weighted by molar-refractivity contribution is 0.0919. The fourth-order valence-electron chi connectivity index (χ4n) is 5.79. The molecule has 3 aliphatic rings. The minimum atomic E-state index is -0.687. The largest absolute Gasteiger partial charge is 0.378 e. The molecule has 1 aliphatic carbocycles. The van der Waals surface area contributed by atoms with Crippen molar-refractivity contribution >= 4 is 34.8 Å². The van der Waals surface area contributed by atoms with Crippen molar-refractivity contribution in [3.05, 3.63) is 71.3 Å². The molecule has 3 heterocycles. The van der Waals surface area contributed by atoms with Crippen LogP contribution in [0.25, 0.3) is 0 Å². The first-order chi connectivity index (χ1) is 20.4. The molecule has 1 saturated carbocycles. The van der Waals surface area contributed by atoms with Gasteiger partial charge in [0.05, 0.1) is 25.0 Å². The SMILES string of the molecule is C[C@@H]1[C@H](NC(=O)c2ccc(C3CC3)cc2F)CCCN1c1cnc(C(N)=O)c(Nc2ccc(N3CCOCC3)cc2)n1. The van der Waals surface area contributed by atoms with Crippen LogP contribution in [0.3, 0.4) is 0 Å². The molecule has 220 valence electrons. The van der Waals surface area contributed by atoms with E-state index >= 15 is 0 Å². The number of ether oxygens (including phenoxy) is 1. The number of carbonyl (C=O) groups is 2. The number of nitrogens with two attached hydrogens (primary N) is 1. The number of primary amides is 1. The summed E-state index contributed by atoms with van der Waals surface area (Å²) in [5.74, 6) is -0.368. The summed E-state index contributed by atoms with van der Waals surface area (Å²) in [6.45, 7) is 5.77. The number of anilines is 4. The highest BCUT2D eigenvalue weighted by molar-refractivity contribution is 5.96. The van der Waals surface area contributed by atoms with Crippen LogP contribution < -0.4 is 26.2 Å². The van der Waals surface area contributed by atoms with Crippen LogP contribution in [0.5, 0.6) is 0 Å². The molecule has 4 N–H and O–H groups in total. The zero-order valence-corrected chi connectivity index (χ0v) is 23.7. The third-order valence-electron chi connectivity index (χ3n) is 8.38. The molecule has 2 amide bonds.